The minimum absolute atomic E-state index is 0.0188. The molecule has 0 aliphatic carbocycles. The molecule has 2 aromatic carbocycles. The van der Waals surface area contributed by atoms with E-state index in [1.807, 2.05) is 28.0 Å². The summed E-state index contributed by atoms with van der Waals surface area (Å²) in [6.45, 7) is 2.26. The Hall–Kier alpha value is -3.22. The van der Waals surface area contributed by atoms with E-state index in [9.17, 15) is 9.59 Å². The highest BCUT2D eigenvalue weighted by molar-refractivity contribution is 5.83. The van der Waals surface area contributed by atoms with Crippen LogP contribution in [-0.4, -0.2) is 54.2 Å². The molecule has 172 valence electrons. The summed E-state index contributed by atoms with van der Waals surface area (Å²) in [7, 11) is 0. The highest BCUT2D eigenvalue weighted by Gasteiger charge is 2.49. The molecule has 4 aliphatic heterocycles. The van der Waals surface area contributed by atoms with Crippen LogP contribution in [0.2, 0.25) is 0 Å². The van der Waals surface area contributed by atoms with Gasteiger partial charge in [-0.1, -0.05) is 30.3 Å². The summed E-state index contributed by atoms with van der Waals surface area (Å²) in [5.41, 5.74) is 3.57. The molecule has 4 aliphatic rings. The number of piperidine rings is 2. The van der Waals surface area contributed by atoms with Crippen molar-refractivity contribution in [3.63, 3.8) is 0 Å². The maximum absolute atomic E-state index is 13.5. The third-order valence-corrected chi connectivity index (χ3v) is 7.63. The van der Waals surface area contributed by atoms with Gasteiger partial charge in [-0.05, 0) is 60.9 Å². The van der Waals surface area contributed by atoms with Crippen LogP contribution in [0.4, 0.5) is 4.79 Å². The lowest BCUT2D eigenvalue weighted by Gasteiger charge is -2.51. The van der Waals surface area contributed by atoms with Gasteiger partial charge in [0.2, 0.25) is 12.7 Å². The lowest BCUT2D eigenvalue weighted by molar-refractivity contribution is -0.148. The van der Waals surface area contributed by atoms with Crippen LogP contribution in [0.25, 0.3) is 0 Å². The minimum Gasteiger partial charge on any atom is -0.454 e. The molecule has 3 amide bonds. The molecule has 4 heterocycles. The summed E-state index contributed by atoms with van der Waals surface area (Å²) in [4.78, 5) is 30.6. The van der Waals surface area contributed by atoms with Crippen molar-refractivity contribution in [2.24, 2.45) is 5.92 Å². The number of hydrogen-bond acceptors (Lipinski definition) is 4. The number of urea groups is 1. The van der Waals surface area contributed by atoms with Gasteiger partial charge in [-0.25, -0.2) is 4.79 Å². The fourth-order valence-corrected chi connectivity index (χ4v) is 6.00. The van der Waals surface area contributed by atoms with Crippen LogP contribution in [0.5, 0.6) is 11.5 Å². The highest BCUT2D eigenvalue weighted by Crippen LogP contribution is 2.46. The summed E-state index contributed by atoms with van der Waals surface area (Å²) in [5, 5.41) is 3.10. The Morgan fingerprint density at radius 1 is 1.09 bits per heavy atom. The quantitative estimate of drug-likeness (QED) is 0.784. The van der Waals surface area contributed by atoms with Crippen molar-refractivity contribution in [1.29, 1.82) is 0 Å². The average Bonchev–Trinajstić information content (AvgIpc) is 3.30. The van der Waals surface area contributed by atoms with E-state index in [0.29, 0.717) is 13.1 Å². The molecular formula is C26H29N3O4. The summed E-state index contributed by atoms with van der Waals surface area (Å²) in [6, 6.07) is 14.2. The van der Waals surface area contributed by atoms with E-state index in [1.54, 1.807) is 0 Å². The molecule has 7 heteroatoms. The topological polar surface area (TPSA) is 71.1 Å². The van der Waals surface area contributed by atoms with Crippen LogP contribution in [0.1, 0.15) is 42.0 Å². The number of hydrogen-bond donors (Lipinski definition) is 1. The fourth-order valence-electron chi connectivity index (χ4n) is 6.00. The maximum atomic E-state index is 13.5. The first-order chi connectivity index (χ1) is 16.2. The average molecular weight is 448 g/mol. The lowest BCUT2D eigenvalue weighted by atomic mass is 9.76. The number of nitrogens with zero attached hydrogens (tertiary/aromatic N) is 2. The number of rotatable bonds is 3. The number of fused-ring (bicyclic) bond motifs is 5. The van der Waals surface area contributed by atoms with Crippen molar-refractivity contribution in [3.05, 3.63) is 59.2 Å². The van der Waals surface area contributed by atoms with Crippen molar-refractivity contribution in [2.45, 2.75) is 44.2 Å². The number of amides is 3. The van der Waals surface area contributed by atoms with E-state index >= 15 is 0 Å². The highest BCUT2D eigenvalue weighted by atomic mass is 16.7. The number of carbonyl (C=O) groups excluding carboxylic acids is 2. The molecule has 2 saturated heterocycles. The number of benzene rings is 2. The van der Waals surface area contributed by atoms with Crippen LogP contribution in [-0.2, 0) is 17.6 Å². The molecular weight excluding hydrogens is 418 g/mol. The van der Waals surface area contributed by atoms with Crippen LogP contribution < -0.4 is 14.8 Å². The van der Waals surface area contributed by atoms with Crippen molar-refractivity contribution in [1.82, 2.24) is 15.1 Å². The Morgan fingerprint density at radius 3 is 2.76 bits per heavy atom. The van der Waals surface area contributed by atoms with Crippen molar-refractivity contribution >= 4 is 11.9 Å². The van der Waals surface area contributed by atoms with E-state index in [0.717, 1.165) is 55.7 Å². The molecule has 2 aromatic rings. The van der Waals surface area contributed by atoms with Crippen LogP contribution in [0.3, 0.4) is 0 Å². The second-order valence-corrected chi connectivity index (χ2v) is 9.41. The van der Waals surface area contributed by atoms with E-state index in [2.05, 4.69) is 29.6 Å². The number of likely N-dealkylation sites (tertiary alicyclic amines) is 1. The molecule has 0 unspecified atom stereocenters. The van der Waals surface area contributed by atoms with E-state index in [-0.39, 0.29) is 36.7 Å². The number of nitrogens with one attached hydrogen (secondary N) is 1. The molecule has 0 aromatic heterocycles. The predicted molar refractivity (Wildman–Crippen MR) is 122 cm³/mol. The van der Waals surface area contributed by atoms with Gasteiger partial charge >= 0.3 is 6.03 Å². The molecule has 0 spiro atoms. The van der Waals surface area contributed by atoms with Gasteiger partial charge in [-0.3, -0.25) is 4.79 Å². The van der Waals surface area contributed by atoms with Crippen molar-refractivity contribution in [3.8, 4) is 11.5 Å². The van der Waals surface area contributed by atoms with Gasteiger partial charge < -0.3 is 24.6 Å². The van der Waals surface area contributed by atoms with E-state index < -0.39 is 0 Å². The Kier molecular flexibility index (Phi) is 5.12. The van der Waals surface area contributed by atoms with Crippen molar-refractivity contribution < 1.29 is 19.1 Å². The first kappa shape index (κ1) is 20.4. The fraction of sp³-hybridized carbons (Fsp3) is 0.462. The van der Waals surface area contributed by atoms with Gasteiger partial charge in [0.05, 0.1) is 12.0 Å². The maximum Gasteiger partial charge on any atom is 0.317 e. The standard InChI is InChI=1S/C26H29N3O4/c30-25-19-7-4-11-29(26(31)27-10-8-17-5-2-1-3-6-17)21(19)15-22-20-14-24-23(32-16-33-24)13-18(20)9-12-28(22)25/h1-3,5-6,13-14,19,21-22H,4,7-12,15-16H2,(H,27,31)/t19-,21-,22-/m0/s1. The molecule has 0 saturated carbocycles. The second kappa shape index (κ2) is 8.28. The lowest BCUT2D eigenvalue weighted by Crippen LogP contribution is -2.61. The summed E-state index contributed by atoms with van der Waals surface area (Å²) >= 11 is 0. The summed E-state index contributed by atoms with van der Waals surface area (Å²) in [6.07, 6.45) is 4.12. The number of ether oxygens (including phenoxy) is 2. The zero-order valence-corrected chi connectivity index (χ0v) is 18.7. The van der Waals surface area contributed by atoms with Gasteiger partial charge in [-0.2, -0.15) is 0 Å². The molecule has 2 fully saturated rings. The summed E-state index contributed by atoms with van der Waals surface area (Å²) in [5.74, 6) is 1.63. The largest absolute Gasteiger partial charge is 0.454 e. The first-order valence-corrected chi connectivity index (χ1v) is 12.0. The molecule has 7 nitrogen and oxygen atoms in total. The Balaban J connectivity index is 1.21. The van der Waals surface area contributed by atoms with Gasteiger partial charge in [0.15, 0.2) is 11.5 Å². The number of carbonyl (C=O) groups is 2. The van der Waals surface area contributed by atoms with Gasteiger partial charge in [0.1, 0.15) is 0 Å². The smallest absolute Gasteiger partial charge is 0.317 e. The third kappa shape index (κ3) is 3.59. The minimum atomic E-state index is -0.106. The van der Waals surface area contributed by atoms with Gasteiger partial charge in [0.25, 0.3) is 0 Å². The zero-order chi connectivity index (χ0) is 22.4. The second-order valence-electron chi connectivity index (χ2n) is 9.41. The third-order valence-electron chi connectivity index (χ3n) is 7.63. The summed E-state index contributed by atoms with van der Waals surface area (Å²) < 4.78 is 11.2. The molecule has 0 bridgehead atoms. The Morgan fingerprint density at radius 2 is 1.91 bits per heavy atom. The van der Waals surface area contributed by atoms with Crippen LogP contribution in [0.15, 0.2) is 42.5 Å². The van der Waals surface area contributed by atoms with E-state index in [1.165, 1.54) is 11.1 Å². The zero-order valence-electron chi connectivity index (χ0n) is 18.7. The first-order valence-electron chi connectivity index (χ1n) is 12.0. The molecule has 6 rings (SSSR count). The van der Waals surface area contributed by atoms with Crippen LogP contribution in [0, 0.1) is 5.92 Å². The molecule has 1 N–H and O–H groups in total. The van der Waals surface area contributed by atoms with Gasteiger partial charge in [-0.15, -0.1) is 0 Å². The normalized spacial score (nSPS) is 25.2. The van der Waals surface area contributed by atoms with Crippen molar-refractivity contribution in [2.75, 3.05) is 26.4 Å². The SMILES string of the molecule is O=C1[C@H]2CCCN(C(=O)NCCc3ccccc3)[C@H]2C[C@H]2c3cc4c(cc3CCN12)OCO4. The Bertz CT molecular complexity index is 1070. The van der Waals surface area contributed by atoms with Crippen LogP contribution >= 0.6 is 0 Å². The molecule has 3 atom stereocenters. The Labute approximate surface area is 193 Å². The molecule has 33 heavy (non-hydrogen) atoms. The molecule has 0 radical (unpaired) electrons. The monoisotopic (exact) mass is 447 g/mol. The van der Waals surface area contributed by atoms with E-state index in [4.69, 9.17) is 9.47 Å². The van der Waals surface area contributed by atoms with Gasteiger partial charge in [0, 0.05) is 25.7 Å². The predicted octanol–water partition coefficient (Wildman–Crippen LogP) is 3.28.